The van der Waals surface area contributed by atoms with Crippen molar-refractivity contribution < 1.29 is 4.79 Å². The van der Waals surface area contributed by atoms with Crippen molar-refractivity contribution in [1.29, 1.82) is 0 Å². The highest BCUT2D eigenvalue weighted by Gasteiger charge is 2.22. The van der Waals surface area contributed by atoms with Gasteiger partial charge in [-0.3, -0.25) is 4.79 Å². The highest BCUT2D eigenvalue weighted by Crippen LogP contribution is 2.31. The van der Waals surface area contributed by atoms with E-state index in [0.29, 0.717) is 18.2 Å². The van der Waals surface area contributed by atoms with Crippen molar-refractivity contribution in [2.45, 2.75) is 12.8 Å². The zero-order chi connectivity index (χ0) is 16.9. The lowest BCUT2D eigenvalue weighted by atomic mass is 10.2. The predicted octanol–water partition coefficient (Wildman–Crippen LogP) is 1.85. The number of amides is 1. The Balaban J connectivity index is 1.68. The molecule has 2 aromatic rings. The van der Waals surface area contributed by atoms with Gasteiger partial charge in [-0.15, -0.1) is 0 Å². The first kappa shape index (κ1) is 16.4. The van der Waals surface area contributed by atoms with E-state index in [2.05, 4.69) is 37.2 Å². The van der Waals surface area contributed by atoms with Crippen LogP contribution in [0.5, 0.6) is 0 Å². The molecule has 0 bridgehead atoms. The summed E-state index contributed by atoms with van der Waals surface area (Å²) in [5.74, 6) is 0.436. The highest BCUT2D eigenvalue weighted by molar-refractivity contribution is 5.92. The summed E-state index contributed by atoms with van der Waals surface area (Å²) in [6.07, 6.45) is 3.54. The lowest BCUT2D eigenvalue weighted by Gasteiger charge is -2.17. The van der Waals surface area contributed by atoms with Crippen LogP contribution in [0, 0.1) is 0 Å². The van der Waals surface area contributed by atoms with E-state index in [0.717, 1.165) is 31.6 Å². The molecule has 1 aliphatic heterocycles. The van der Waals surface area contributed by atoms with Gasteiger partial charge in [-0.2, -0.15) is 0 Å². The number of hydrogen-bond donors (Lipinski definition) is 1. The number of rotatable bonds is 6. The van der Waals surface area contributed by atoms with E-state index in [1.807, 2.05) is 26.2 Å². The Labute approximate surface area is 142 Å². The average Bonchev–Trinajstić information content (AvgIpc) is 3.02. The van der Waals surface area contributed by atoms with Gasteiger partial charge in [0.15, 0.2) is 0 Å². The monoisotopic (exact) mass is 325 g/mol. The van der Waals surface area contributed by atoms with Crippen LogP contribution in [-0.2, 0) is 6.42 Å². The molecule has 0 atom stereocenters. The van der Waals surface area contributed by atoms with E-state index < -0.39 is 0 Å². The molecule has 6 heteroatoms. The molecule has 0 saturated heterocycles. The zero-order valence-electron chi connectivity index (χ0n) is 14.2. The lowest BCUT2D eigenvalue weighted by molar-refractivity contribution is 0.0947. The molecule has 1 amide bonds. The minimum absolute atomic E-state index is 0.148. The molecule has 0 radical (unpaired) electrons. The summed E-state index contributed by atoms with van der Waals surface area (Å²) in [7, 11) is 4.04. The molecule has 0 aliphatic carbocycles. The smallest absolute Gasteiger partial charge is 0.270 e. The molecule has 1 N–H and O–H groups in total. The number of nitrogens with one attached hydrogen (secondary N) is 1. The summed E-state index contributed by atoms with van der Waals surface area (Å²) in [5.41, 5.74) is 2.83. The minimum Gasteiger partial charge on any atom is -0.351 e. The normalized spacial score (nSPS) is 13.2. The van der Waals surface area contributed by atoms with Gasteiger partial charge >= 0.3 is 0 Å². The van der Waals surface area contributed by atoms with E-state index in [9.17, 15) is 4.79 Å². The fourth-order valence-electron chi connectivity index (χ4n) is 2.84. The van der Waals surface area contributed by atoms with E-state index in [1.54, 1.807) is 12.3 Å². The van der Waals surface area contributed by atoms with Gasteiger partial charge in [0.25, 0.3) is 5.91 Å². The van der Waals surface area contributed by atoms with Crippen LogP contribution in [0.4, 0.5) is 11.6 Å². The predicted molar refractivity (Wildman–Crippen MR) is 94.7 cm³/mol. The van der Waals surface area contributed by atoms with E-state index in [1.165, 1.54) is 5.56 Å². The van der Waals surface area contributed by atoms with Gasteiger partial charge < -0.3 is 15.1 Å². The van der Waals surface area contributed by atoms with Crippen LogP contribution in [0.2, 0.25) is 0 Å². The summed E-state index contributed by atoms with van der Waals surface area (Å²) in [6.45, 7) is 2.43. The van der Waals surface area contributed by atoms with Gasteiger partial charge in [0.2, 0.25) is 5.95 Å². The summed E-state index contributed by atoms with van der Waals surface area (Å²) < 4.78 is 0. The molecule has 1 aliphatic rings. The molecule has 1 aromatic heterocycles. The SMILES string of the molecule is CN(C)CCCNC(=O)c1ccnc(N2CCc3ccccc32)n1. The Bertz CT molecular complexity index is 716. The average molecular weight is 325 g/mol. The number of para-hydroxylation sites is 1. The molecule has 0 unspecified atom stereocenters. The number of fused-ring (bicyclic) bond motifs is 1. The number of anilines is 2. The Morgan fingerprint density at radius 3 is 2.96 bits per heavy atom. The van der Waals surface area contributed by atoms with Crippen molar-refractivity contribution in [1.82, 2.24) is 20.2 Å². The largest absolute Gasteiger partial charge is 0.351 e. The quantitative estimate of drug-likeness (QED) is 0.821. The molecule has 0 saturated carbocycles. The van der Waals surface area contributed by atoms with Crippen LogP contribution in [-0.4, -0.2) is 54.5 Å². The first-order valence-corrected chi connectivity index (χ1v) is 8.26. The maximum absolute atomic E-state index is 12.3. The first-order valence-electron chi connectivity index (χ1n) is 8.26. The van der Waals surface area contributed by atoms with Crippen molar-refractivity contribution in [2.75, 3.05) is 38.6 Å². The Kier molecular flexibility index (Phi) is 5.05. The van der Waals surface area contributed by atoms with Crippen molar-refractivity contribution in [2.24, 2.45) is 0 Å². The molecule has 0 spiro atoms. The molecule has 3 rings (SSSR count). The summed E-state index contributed by atoms with van der Waals surface area (Å²) in [4.78, 5) is 25.2. The Morgan fingerprint density at radius 2 is 2.12 bits per heavy atom. The number of hydrogen-bond acceptors (Lipinski definition) is 5. The van der Waals surface area contributed by atoms with Crippen LogP contribution in [0.1, 0.15) is 22.5 Å². The van der Waals surface area contributed by atoms with Crippen LogP contribution in [0.3, 0.4) is 0 Å². The third-order valence-corrected chi connectivity index (χ3v) is 4.07. The summed E-state index contributed by atoms with van der Waals surface area (Å²) in [6, 6.07) is 9.91. The lowest BCUT2D eigenvalue weighted by Crippen LogP contribution is -2.28. The Morgan fingerprint density at radius 1 is 1.29 bits per heavy atom. The third-order valence-electron chi connectivity index (χ3n) is 4.07. The van der Waals surface area contributed by atoms with Gasteiger partial charge in [-0.1, -0.05) is 18.2 Å². The van der Waals surface area contributed by atoms with Crippen molar-refractivity contribution in [3.63, 3.8) is 0 Å². The maximum Gasteiger partial charge on any atom is 0.270 e. The number of carbonyl (C=O) groups excluding carboxylic acids is 1. The molecular weight excluding hydrogens is 302 g/mol. The minimum atomic E-state index is -0.148. The number of nitrogens with zero attached hydrogens (tertiary/aromatic N) is 4. The van der Waals surface area contributed by atoms with Crippen molar-refractivity contribution in [3.05, 3.63) is 47.8 Å². The van der Waals surface area contributed by atoms with Crippen LogP contribution in [0.15, 0.2) is 36.5 Å². The topological polar surface area (TPSA) is 61.4 Å². The van der Waals surface area contributed by atoms with Crippen LogP contribution < -0.4 is 10.2 Å². The number of carbonyl (C=O) groups is 1. The number of aromatic nitrogens is 2. The van der Waals surface area contributed by atoms with Crippen LogP contribution in [0.25, 0.3) is 0 Å². The van der Waals surface area contributed by atoms with Crippen LogP contribution >= 0.6 is 0 Å². The molecule has 1 aromatic carbocycles. The standard InChI is InChI=1S/C18H23N5O/c1-22(2)12-5-10-19-17(24)15-8-11-20-18(21-15)23-13-9-14-6-3-4-7-16(14)23/h3-4,6-8,11H,5,9-10,12-13H2,1-2H3,(H,19,24). The second kappa shape index (κ2) is 7.40. The maximum atomic E-state index is 12.3. The third kappa shape index (κ3) is 3.71. The van der Waals surface area contributed by atoms with E-state index >= 15 is 0 Å². The second-order valence-electron chi connectivity index (χ2n) is 6.18. The molecule has 126 valence electrons. The first-order chi connectivity index (χ1) is 11.6. The molecule has 2 heterocycles. The Hall–Kier alpha value is -2.47. The van der Waals surface area contributed by atoms with E-state index in [-0.39, 0.29) is 5.91 Å². The van der Waals surface area contributed by atoms with Gasteiger partial charge in [0.1, 0.15) is 5.69 Å². The van der Waals surface area contributed by atoms with Gasteiger partial charge in [-0.05, 0) is 51.2 Å². The second-order valence-corrected chi connectivity index (χ2v) is 6.18. The van der Waals surface area contributed by atoms with Crippen molar-refractivity contribution in [3.8, 4) is 0 Å². The summed E-state index contributed by atoms with van der Waals surface area (Å²) >= 11 is 0. The fraction of sp³-hybridized carbons (Fsp3) is 0.389. The van der Waals surface area contributed by atoms with Gasteiger partial charge in [0, 0.05) is 25.0 Å². The van der Waals surface area contributed by atoms with E-state index in [4.69, 9.17) is 0 Å². The number of benzene rings is 1. The summed E-state index contributed by atoms with van der Waals surface area (Å²) in [5, 5.41) is 2.92. The molecule has 6 nitrogen and oxygen atoms in total. The highest BCUT2D eigenvalue weighted by atomic mass is 16.1. The van der Waals surface area contributed by atoms with Gasteiger partial charge in [0.05, 0.1) is 0 Å². The molecule has 24 heavy (non-hydrogen) atoms. The molecular formula is C18H23N5O. The van der Waals surface area contributed by atoms with Crippen molar-refractivity contribution >= 4 is 17.5 Å². The zero-order valence-corrected chi connectivity index (χ0v) is 14.2. The molecule has 0 fully saturated rings. The van der Waals surface area contributed by atoms with Gasteiger partial charge in [-0.25, -0.2) is 9.97 Å². The fourth-order valence-corrected chi connectivity index (χ4v) is 2.84.